The second-order valence-corrected chi connectivity index (χ2v) is 17.2. The molecule has 12 aromatic rings. The molecular weight excluding hydrogens is 771 g/mol. The van der Waals surface area contributed by atoms with Crippen molar-refractivity contribution in [2.75, 3.05) is 9.80 Å². The van der Waals surface area contributed by atoms with Crippen LogP contribution in [0, 0.1) is 11.6 Å². The van der Waals surface area contributed by atoms with Gasteiger partial charge in [-0.3, -0.25) is 0 Å². The second-order valence-electron chi connectivity index (χ2n) is 17.2. The number of anilines is 6. The van der Waals surface area contributed by atoms with E-state index in [0.717, 1.165) is 116 Å². The van der Waals surface area contributed by atoms with Crippen LogP contribution in [-0.4, -0.2) is 0 Å². The maximum Gasteiger partial charge on any atom is 0.159 e. The minimum Gasteiger partial charge on any atom is -0.454 e. The van der Waals surface area contributed by atoms with Gasteiger partial charge in [-0.05, 0) is 106 Å². The van der Waals surface area contributed by atoms with Crippen molar-refractivity contribution >= 4 is 110 Å². The Morgan fingerprint density at radius 3 is 1.37 bits per heavy atom. The summed E-state index contributed by atoms with van der Waals surface area (Å²) in [6.07, 6.45) is 0. The molecule has 12 rings (SSSR count). The summed E-state index contributed by atoms with van der Waals surface area (Å²) in [4.78, 5) is 4.37. The maximum atomic E-state index is 14.7. The van der Waals surface area contributed by atoms with Gasteiger partial charge in [0.05, 0.1) is 22.7 Å². The first kappa shape index (κ1) is 36.2. The predicted octanol–water partition coefficient (Wildman–Crippen LogP) is 16.9. The number of fused-ring (bicyclic) bond motifs is 6. The summed E-state index contributed by atoms with van der Waals surface area (Å²) < 4.78 is 42.8. The Kier molecular flexibility index (Phi) is 7.82. The van der Waals surface area contributed by atoms with E-state index >= 15 is 0 Å². The summed E-state index contributed by atoms with van der Waals surface area (Å²) in [6.45, 7) is 6.61. The smallest absolute Gasteiger partial charge is 0.159 e. The quantitative estimate of drug-likeness (QED) is 0.157. The SMILES string of the molecule is CC(C)(C)c1cccc2c1oc1c(N(c3ccc(F)cc3)c3ccc4ccc5c(N(c6ccc(F)cc6)c6cccc7c6oc6ccccc67)ccc6ccc3c4c65)cccc12. The van der Waals surface area contributed by atoms with Crippen LogP contribution in [-0.2, 0) is 5.41 Å². The van der Waals surface area contributed by atoms with E-state index in [9.17, 15) is 8.78 Å². The minimum absolute atomic E-state index is 0.139. The number of benzene rings is 10. The molecule has 0 fully saturated rings. The highest BCUT2D eigenvalue weighted by molar-refractivity contribution is 6.28. The molecular formula is C56H38F2N2O2. The van der Waals surface area contributed by atoms with Gasteiger partial charge in [-0.25, -0.2) is 8.78 Å². The molecule has 0 radical (unpaired) electrons. The number of rotatable bonds is 6. The van der Waals surface area contributed by atoms with Crippen LogP contribution in [0.3, 0.4) is 0 Å². The Labute approximate surface area is 355 Å². The molecule has 6 heteroatoms. The lowest BCUT2D eigenvalue weighted by Gasteiger charge is -2.29. The van der Waals surface area contributed by atoms with Crippen LogP contribution in [0.1, 0.15) is 26.3 Å². The van der Waals surface area contributed by atoms with Gasteiger partial charge in [0.1, 0.15) is 22.8 Å². The zero-order valence-electron chi connectivity index (χ0n) is 34.2. The molecule has 0 aliphatic rings. The molecule has 4 nitrogen and oxygen atoms in total. The van der Waals surface area contributed by atoms with Gasteiger partial charge in [-0.15, -0.1) is 0 Å². The molecule has 2 aromatic heterocycles. The lowest BCUT2D eigenvalue weighted by Crippen LogP contribution is -2.12. The third-order valence-electron chi connectivity index (χ3n) is 12.4. The Bertz CT molecular complexity index is 3710. The summed E-state index contributed by atoms with van der Waals surface area (Å²) in [5.41, 5.74) is 9.31. The van der Waals surface area contributed by atoms with E-state index in [4.69, 9.17) is 8.83 Å². The van der Waals surface area contributed by atoms with Crippen LogP contribution in [0.4, 0.5) is 42.9 Å². The lowest BCUT2D eigenvalue weighted by molar-refractivity contribution is 0.573. The van der Waals surface area contributed by atoms with Gasteiger partial charge in [0.25, 0.3) is 0 Å². The first-order valence-electron chi connectivity index (χ1n) is 20.9. The monoisotopic (exact) mass is 808 g/mol. The molecule has 0 bridgehead atoms. The van der Waals surface area contributed by atoms with Gasteiger partial charge in [0, 0.05) is 49.3 Å². The zero-order valence-corrected chi connectivity index (χ0v) is 34.2. The lowest BCUT2D eigenvalue weighted by atomic mass is 9.86. The summed E-state index contributed by atoms with van der Waals surface area (Å²) in [6, 6.07) is 57.6. The van der Waals surface area contributed by atoms with Crippen LogP contribution >= 0.6 is 0 Å². The van der Waals surface area contributed by atoms with Crippen LogP contribution in [0.15, 0.2) is 185 Å². The third-order valence-corrected chi connectivity index (χ3v) is 12.4. The number of furan rings is 2. The number of hydrogen-bond donors (Lipinski definition) is 0. The molecule has 0 unspecified atom stereocenters. The number of nitrogens with zero attached hydrogens (tertiary/aromatic N) is 2. The van der Waals surface area contributed by atoms with Crippen molar-refractivity contribution in [3.8, 4) is 0 Å². The maximum absolute atomic E-state index is 14.7. The van der Waals surface area contributed by atoms with Crippen LogP contribution < -0.4 is 9.80 Å². The van der Waals surface area contributed by atoms with E-state index in [-0.39, 0.29) is 17.0 Å². The average molecular weight is 809 g/mol. The Morgan fingerprint density at radius 2 is 0.823 bits per heavy atom. The molecule has 2 heterocycles. The van der Waals surface area contributed by atoms with Crippen LogP contribution in [0.5, 0.6) is 0 Å². The summed E-state index contributed by atoms with van der Waals surface area (Å²) in [5, 5.41) is 10.5. The molecule has 0 amide bonds. The van der Waals surface area contributed by atoms with Gasteiger partial charge in [0.15, 0.2) is 11.2 Å². The number of halogens is 2. The van der Waals surface area contributed by atoms with Crippen molar-refractivity contribution in [2.24, 2.45) is 0 Å². The van der Waals surface area contributed by atoms with Gasteiger partial charge >= 0.3 is 0 Å². The van der Waals surface area contributed by atoms with E-state index < -0.39 is 0 Å². The number of hydrogen-bond acceptors (Lipinski definition) is 4. The van der Waals surface area contributed by atoms with E-state index in [0.29, 0.717) is 0 Å². The van der Waals surface area contributed by atoms with Crippen molar-refractivity contribution in [1.82, 2.24) is 0 Å². The second kappa shape index (κ2) is 13.4. The Hall–Kier alpha value is -7.70. The standard InChI is InChI=1S/C56H38F2N2O2/c1-56(2,3)45-13-6-10-41-42-12-8-15-49(55(42)62-53(41)45)60(38-27-23-36(58)24-28-38)47-32-20-34-17-29-43-46(31-19-33-18-30-44(47)52(34)51(33)43)59(37-25-21-35(57)22-26-37)48-14-7-11-40-39-9-4-5-16-50(39)61-54(40)48/h4-32H,1-3H3. The molecule has 298 valence electrons. The van der Waals surface area contributed by atoms with E-state index in [1.807, 2.05) is 42.5 Å². The average Bonchev–Trinajstić information content (AvgIpc) is 3.87. The summed E-state index contributed by atoms with van der Waals surface area (Å²) in [5.74, 6) is -0.616. The molecule has 0 aliphatic heterocycles. The summed E-state index contributed by atoms with van der Waals surface area (Å²) >= 11 is 0. The normalized spacial score (nSPS) is 12.3. The van der Waals surface area contributed by atoms with Crippen LogP contribution in [0.2, 0.25) is 0 Å². The van der Waals surface area contributed by atoms with E-state index in [1.54, 1.807) is 0 Å². The largest absolute Gasteiger partial charge is 0.454 e. The predicted molar refractivity (Wildman–Crippen MR) is 253 cm³/mol. The van der Waals surface area contributed by atoms with Gasteiger partial charge in [-0.1, -0.05) is 118 Å². The van der Waals surface area contributed by atoms with E-state index in [2.05, 4.69) is 140 Å². The third kappa shape index (κ3) is 5.42. The molecule has 0 saturated heterocycles. The fourth-order valence-corrected chi connectivity index (χ4v) is 9.64. The van der Waals surface area contributed by atoms with Crippen molar-refractivity contribution < 1.29 is 17.6 Å². The van der Waals surface area contributed by atoms with Crippen LogP contribution in [0.25, 0.3) is 76.2 Å². The van der Waals surface area contributed by atoms with Crippen molar-refractivity contribution in [3.05, 3.63) is 193 Å². The molecule has 0 saturated carbocycles. The van der Waals surface area contributed by atoms with Gasteiger partial charge in [-0.2, -0.15) is 0 Å². The summed E-state index contributed by atoms with van der Waals surface area (Å²) in [7, 11) is 0. The molecule has 0 spiro atoms. The highest BCUT2D eigenvalue weighted by Crippen LogP contribution is 2.50. The zero-order chi connectivity index (χ0) is 41.9. The minimum atomic E-state index is -0.308. The van der Waals surface area contributed by atoms with Gasteiger partial charge < -0.3 is 18.6 Å². The fraction of sp³-hybridized carbons (Fsp3) is 0.0714. The number of para-hydroxylation sites is 4. The molecule has 62 heavy (non-hydrogen) atoms. The molecule has 0 N–H and O–H groups in total. The first-order chi connectivity index (χ1) is 30.2. The van der Waals surface area contributed by atoms with Gasteiger partial charge in [0.2, 0.25) is 0 Å². The first-order valence-corrected chi connectivity index (χ1v) is 20.9. The van der Waals surface area contributed by atoms with Crippen molar-refractivity contribution in [3.63, 3.8) is 0 Å². The van der Waals surface area contributed by atoms with E-state index in [1.165, 1.54) is 24.3 Å². The topological polar surface area (TPSA) is 32.8 Å². The molecule has 10 aromatic carbocycles. The Balaban J connectivity index is 1.13. The van der Waals surface area contributed by atoms with Crippen molar-refractivity contribution in [1.29, 1.82) is 0 Å². The highest BCUT2D eigenvalue weighted by atomic mass is 19.1. The molecule has 0 atom stereocenters. The van der Waals surface area contributed by atoms with Crippen molar-refractivity contribution in [2.45, 2.75) is 26.2 Å². The fourth-order valence-electron chi connectivity index (χ4n) is 9.64. The Morgan fingerprint density at radius 1 is 0.371 bits per heavy atom. The highest BCUT2D eigenvalue weighted by Gasteiger charge is 2.27. The molecule has 0 aliphatic carbocycles.